The van der Waals surface area contributed by atoms with Gasteiger partial charge in [-0.2, -0.15) is 0 Å². The molecule has 1 aromatic rings. The Bertz CT molecular complexity index is 516. The number of likely N-dealkylation sites (tertiary alicyclic amines) is 1. The summed E-state index contributed by atoms with van der Waals surface area (Å²) in [4.78, 5) is 7.01. The number of piperidine rings is 1. The normalized spacial score (nSPS) is 25.6. The van der Waals surface area contributed by atoms with E-state index in [1.165, 1.54) is 30.6 Å². The van der Waals surface area contributed by atoms with E-state index >= 15 is 0 Å². The van der Waals surface area contributed by atoms with E-state index in [0.717, 1.165) is 44.0 Å². The quantitative estimate of drug-likeness (QED) is 0.895. The first-order valence-corrected chi connectivity index (χ1v) is 8.52. The number of aliphatic imine (C=N–C) groups is 1. The van der Waals surface area contributed by atoms with Gasteiger partial charge >= 0.3 is 0 Å². The third-order valence-corrected chi connectivity index (χ3v) is 4.58. The summed E-state index contributed by atoms with van der Waals surface area (Å²) in [6, 6.07) is 8.78. The van der Waals surface area contributed by atoms with Gasteiger partial charge < -0.3 is 10.6 Å². The summed E-state index contributed by atoms with van der Waals surface area (Å²) in [6.07, 6.45) is 1.37. The molecule has 22 heavy (non-hydrogen) atoms. The summed E-state index contributed by atoms with van der Waals surface area (Å²) in [5, 5.41) is 6.68. The van der Waals surface area contributed by atoms with Crippen LogP contribution in [0.3, 0.4) is 0 Å². The van der Waals surface area contributed by atoms with Crippen LogP contribution in [0.5, 0.6) is 0 Å². The highest BCUT2D eigenvalue weighted by Crippen LogP contribution is 2.23. The van der Waals surface area contributed by atoms with Crippen molar-refractivity contribution in [2.24, 2.45) is 16.8 Å². The first-order chi connectivity index (χ1) is 10.7. The first-order valence-electron chi connectivity index (χ1n) is 8.52. The van der Waals surface area contributed by atoms with Gasteiger partial charge in [-0.15, -0.1) is 0 Å². The molecule has 1 saturated heterocycles. The summed E-state index contributed by atoms with van der Waals surface area (Å²) in [5.41, 5.74) is 2.82. The van der Waals surface area contributed by atoms with Crippen LogP contribution in [0.4, 0.5) is 0 Å². The molecule has 4 heteroatoms. The number of rotatable bonds is 4. The third kappa shape index (κ3) is 4.01. The largest absolute Gasteiger partial charge is 0.355 e. The Labute approximate surface area is 134 Å². The molecule has 120 valence electrons. The molecule has 2 aliphatic heterocycles. The Morgan fingerprint density at radius 1 is 1.18 bits per heavy atom. The maximum atomic E-state index is 4.40. The Kier molecular flexibility index (Phi) is 4.98. The van der Waals surface area contributed by atoms with Gasteiger partial charge in [0.15, 0.2) is 5.96 Å². The highest BCUT2D eigenvalue weighted by molar-refractivity contribution is 5.81. The lowest BCUT2D eigenvalue weighted by Gasteiger charge is -2.35. The molecule has 0 spiro atoms. The van der Waals surface area contributed by atoms with E-state index in [-0.39, 0.29) is 0 Å². The smallest absolute Gasteiger partial charge is 0.191 e. The Hall–Kier alpha value is -1.55. The van der Waals surface area contributed by atoms with Gasteiger partial charge in [0.1, 0.15) is 0 Å². The molecule has 0 amide bonds. The molecule has 0 radical (unpaired) electrons. The average Bonchev–Trinajstić information content (AvgIpc) is 2.98. The van der Waals surface area contributed by atoms with E-state index in [9.17, 15) is 0 Å². The summed E-state index contributed by atoms with van der Waals surface area (Å²) in [7, 11) is 0. The van der Waals surface area contributed by atoms with E-state index in [0.29, 0.717) is 0 Å². The second kappa shape index (κ2) is 7.14. The number of hydrogen-bond acceptors (Lipinski definition) is 4. The van der Waals surface area contributed by atoms with Gasteiger partial charge in [-0.3, -0.25) is 9.89 Å². The van der Waals surface area contributed by atoms with E-state index < -0.39 is 0 Å². The molecule has 0 saturated carbocycles. The fraction of sp³-hybridized carbons (Fsp3) is 0.611. The molecule has 2 heterocycles. The Morgan fingerprint density at radius 3 is 2.59 bits per heavy atom. The van der Waals surface area contributed by atoms with Gasteiger partial charge in [0.2, 0.25) is 0 Å². The zero-order valence-electron chi connectivity index (χ0n) is 13.8. The van der Waals surface area contributed by atoms with Crippen molar-refractivity contribution in [3.05, 3.63) is 35.4 Å². The average molecular weight is 300 g/mol. The maximum absolute atomic E-state index is 4.40. The van der Waals surface area contributed by atoms with Crippen LogP contribution in [-0.2, 0) is 13.1 Å². The van der Waals surface area contributed by atoms with E-state index in [2.05, 4.69) is 58.6 Å². The van der Waals surface area contributed by atoms with Crippen molar-refractivity contribution in [3.8, 4) is 0 Å². The van der Waals surface area contributed by atoms with Crippen LogP contribution in [0.2, 0.25) is 0 Å². The zero-order valence-corrected chi connectivity index (χ0v) is 13.8. The number of nitrogens with one attached hydrogen (secondary N) is 2. The molecule has 0 aromatic heterocycles. The summed E-state index contributed by atoms with van der Waals surface area (Å²) in [6.45, 7) is 10.9. The van der Waals surface area contributed by atoms with Crippen molar-refractivity contribution in [2.45, 2.75) is 33.4 Å². The lowest BCUT2D eigenvalue weighted by molar-refractivity contribution is 0.134. The molecular weight excluding hydrogens is 272 g/mol. The molecule has 2 atom stereocenters. The van der Waals surface area contributed by atoms with E-state index in [1.54, 1.807) is 0 Å². The van der Waals surface area contributed by atoms with Gasteiger partial charge in [-0.1, -0.05) is 38.1 Å². The molecule has 2 unspecified atom stereocenters. The van der Waals surface area contributed by atoms with E-state index in [1.807, 2.05) is 0 Å². The molecule has 1 fully saturated rings. The second-order valence-corrected chi connectivity index (χ2v) is 6.92. The Morgan fingerprint density at radius 2 is 1.91 bits per heavy atom. The minimum atomic E-state index is 0.811. The lowest BCUT2D eigenvalue weighted by atomic mass is 9.91. The van der Waals surface area contributed by atoms with Gasteiger partial charge in [-0.05, 0) is 29.4 Å². The van der Waals surface area contributed by atoms with Crippen LogP contribution in [0.1, 0.15) is 31.4 Å². The van der Waals surface area contributed by atoms with Gasteiger partial charge in [0.05, 0.1) is 6.54 Å². The second-order valence-electron chi connectivity index (χ2n) is 6.92. The lowest BCUT2D eigenvalue weighted by Crippen LogP contribution is -2.38. The predicted molar refractivity (Wildman–Crippen MR) is 91.8 cm³/mol. The van der Waals surface area contributed by atoms with Crippen molar-refractivity contribution in [3.63, 3.8) is 0 Å². The van der Waals surface area contributed by atoms with Crippen LogP contribution < -0.4 is 10.6 Å². The van der Waals surface area contributed by atoms with Crippen molar-refractivity contribution < 1.29 is 0 Å². The minimum absolute atomic E-state index is 0.811. The number of hydrogen-bond donors (Lipinski definition) is 2. The SMILES string of the molecule is CC1CC(C)CN(Cc2ccccc2CNC2=NCCN2)C1. The summed E-state index contributed by atoms with van der Waals surface area (Å²) in [5.74, 6) is 2.56. The topological polar surface area (TPSA) is 39.7 Å². The van der Waals surface area contributed by atoms with Gasteiger partial charge in [-0.25, -0.2) is 0 Å². The summed E-state index contributed by atoms with van der Waals surface area (Å²) >= 11 is 0. The van der Waals surface area contributed by atoms with Crippen LogP contribution in [0.15, 0.2) is 29.3 Å². The van der Waals surface area contributed by atoms with E-state index in [4.69, 9.17) is 0 Å². The maximum Gasteiger partial charge on any atom is 0.191 e. The molecule has 2 aliphatic rings. The highest BCUT2D eigenvalue weighted by atomic mass is 15.2. The fourth-order valence-corrected chi connectivity index (χ4v) is 3.74. The monoisotopic (exact) mass is 300 g/mol. The van der Waals surface area contributed by atoms with Gasteiger partial charge in [0.25, 0.3) is 0 Å². The first kappa shape index (κ1) is 15.3. The van der Waals surface area contributed by atoms with Crippen molar-refractivity contribution in [1.29, 1.82) is 0 Å². The standard InChI is InChI=1S/C18H28N4/c1-14-9-15(2)12-22(11-14)13-17-6-4-3-5-16(17)10-21-18-19-7-8-20-18/h3-6,14-15H,7-13H2,1-2H3,(H2,19,20,21). The molecule has 3 rings (SSSR count). The number of nitrogens with zero attached hydrogens (tertiary/aromatic N) is 2. The van der Waals surface area contributed by atoms with Crippen LogP contribution in [-0.4, -0.2) is 37.0 Å². The van der Waals surface area contributed by atoms with Crippen molar-refractivity contribution >= 4 is 5.96 Å². The fourth-order valence-electron chi connectivity index (χ4n) is 3.74. The van der Waals surface area contributed by atoms with Crippen LogP contribution in [0, 0.1) is 11.8 Å². The van der Waals surface area contributed by atoms with Gasteiger partial charge in [0, 0.05) is 32.7 Å². The molecule has 2 N–H and O–H groups in total. The third-order valence-electron chi connectivity index (χ3n) is 4.58. The Balaban J connectivity index is 1.62. The molecular formula is C18H28N4. The highest BCUT2D eigenvalue weighted by Gasteiger charge is 2.22. The van der Waals surface area contributed by atoms with Crippen LogP contribution in [0.25, 0.3) is 0 Å². The van der Waals surface area contributed by atoms with Crippen molar-refractivity contribution in [2.75, 3.05) is 26.2 Å². The molecule has 0 aliphatic carbocycles. The molecule has 0 bridgehead atoms. The van der Waals surface area contributed by atoms with Crippen molar-refractivity contribution in [1.82, 2.24) is 15.5 Å². The molecule has 4 nitrogen and oxygen atoms in total. The predicted octanol–water partition coefficient (Wildman–Crippen LogP) is 2.21. The molecule has 1 aromatic carbocycles. The van der Waals surface area contributed by atoms with Crippen LogP contribution >= 0.6 is 0 Å². The number of guanidine groups is 1. The summed E-state index contributed by atoms with van der Waals surface area (Å²) < 4.78 is 0. The zero-order chi connectivity index (χ0) is 15.4. The minimum Gasteiger partial charge on any atom is -0.355 e. The number of benzene rings is 1.